The van der Waals surface area contributed by atoms with Gasteiger partial charge in [0.2, 0.25) is 0 Å². The van der Waals surface area contributed by atoms with Crippen molar-refractivity contribution in [3.8, 4) is 11.5 Å². The monoisotopic (exact) mass is 296 g/mol. The minimum Gasteiger partial charge on any atom is -0.457 e. The molecule has 3 nitrogen and oxygen atoms in total. The van der Waals surface area contributed by atoms with Gasteiger partial charge in [0.05, 0.1) is 0 Å². The third-order valence-corrected chi connectivity index (χ3v) is 4.30. The molecule has 116 valence electrons. The van der Waals surface area contributed by atoms with Crippen LogP contribution in [0.2, 0.25) is 0 Å². The molecule has 0 unspecified atom stereocenters. The van der Waals surface area contributed by atoms with Crippen LogP contribution in [0.3, 0.4) is 0 Å². The Bertz CT molecular complexity index is 560. The number of hydrogen-bond donors (Lipinski definition) is 1. The SMILES string of the molecule is CNC1CCN(Cc2ccc(Oc3ccccc3)cc2)CC1. The lowest BCUT2D eigenvalue weighted by Gasteiger charge is -2.31. The Balaban J connectivity index is 1.53. The van der Waals surface area contributed by atoms with Crippen molar-refractivity contribution in [1.29, 1.82) is 0 Å². The van der Waals surface area contributed by atoms with E-state index in [-0.39, 0.29) is 0 Å². The molecule has 1 fully saturated rings. The molecule has 1 heterocycles. The van der Waals surface area contributed by atoms with Crippen LogP contribution < -0.4 is 10.1 Å². The average Bonchev–Trinajstić information content (AvgIpc) is 2.58. The summed E-state index contributed by atoms with van der Waals surface area (Å²) in [6, 6.07) is 19.1. The van der Waals surface area contributed by atoms with Crippen molar-refractivity contribution in [2.75, 3.05) is 20.1 Å². The van der Waals surface area contributed by atoms with Crippen molar-refractivity contribution in [2.45, 2.75) is 25.4 Å². The number of rotatable bonds is 5. The van der Waals surface area contributed by atoms with E-state index in [1.165, 1.54) is 31.5 Å². The first-order valence-electron chi connectivity index (χ1n) is 8.05. The maximum Gasteiger partial charge on any atom is 0.127 e. The predicted octanol–water partition coefficient (Wildman–Crippen LogP) is 3.66. The summed E-state index contributed by atoms with van der Waals surface area (Å²) in [5.41, 5.74) is 1.35. The summed E-state index contributed by atoms with van der Waals surface area (Å²) in [7, 11) is 2.06. The van der Waals surface area contributed by atoms with Gasteiger partial charge in [0.15, 0.2) is 0 Å². The van der Waals surface area contributed by atoms with Crippen LogP contribution in [0.5, 0.6) is 11.5 Å². The van der Waals surface area contributed by atoms with E-state index in [0.717, 1.165) is 18.0 Å². The molecule has 0 amide bonds. The highest BCUT2D eigenvalue weighted by molar-refractivity contribution is 5.32. The van der Waals surface area contributed by atoms with Crippen LogP contribution in [0.25, 0.3) is 0 Å². The maximum atomic E-state index is 5.83. The number of para-hydroxylation sites is 1. The molecule has 3 rings (SSSR count). The Kier molecular flexibility index (Phi) is 5.09. The molecular formula is C19H24N2O. The molecule has 0 aromatic heterocycles. The first kappa shape index (κ1) is 15.1. The fraction of sp³-hybridized carbons (Fsp3) is 0.368. The van der Waals surface area contributed by atoms with E-state index in [1.54, 1.807) is 0 Å². The van der Waals surface area contributed by atoms with E-state index in [9.17, 15) is 0 Å². The molecule has 0 aliphatic carbocycles. The van der Waals surface area contributed by atoms with Gasteiger partial charge in [-0.3, -0.25) is 4.90 Å². The number of piperidine rings is 1. The summed E-state index contributed by atoms with van der Waals surface area (Å²) in [6.45, 7) is 3.38. The number of nitrogens with one attached hydrogen (secondary N) is 1. The smallest absolute Gasteiger partial charge is 0.127 e. The molecule has 0 spiro atoms. The average molecular weight is 296 g/mol. The highest BCUT2D eigenvalue weighted by Crippen LogP contribution is 2.22. The largest absolute Gasteiger partial charge is 0.457 e. The summed E-state index contributed by atoms with van der Waals surface area (Å²) >= 11 is 0. The lowest BCUT2D eigenvalue weighted by atomic mass is 10.0. The second kappa shape index (κ2) is 7.43. The minimum atomic E-state index is 0.692. The minimum absolute atomic E-state index is 0.692. The third-order valence-electron chi connectivity index (χ3n) is 4.30. The highest BCUT2D eigenvalue weighted by Gasteiger charge is 2.17. The molecule has 2 aromatic carbocycles. The molecular weight excluding hydrogens is 272 g/mol. The fourth-order valence-electron chi connectivity index (χ4n) is 2.93. The van der Waals surface area contributed by atoms with Gasteiger partial charge in [-0.1, -0.05) is 30.3 Å². The van der Waals surface area contributed by atoms with E-state index in [2.05, 4.69) is 41.5 Å². The number of ether oxygens (including phenoxy) is 1. The van der Waals surface area contributed by atoms with Crippen LogP contribution in [0.1, 0.15) is 18.4 Å². The standard InChI is InChI=1S/C19H24N2O/c1-20-17-11-13-21(14-12-17)15-16-7-9-19(10-8-16)22-18-5-3-2-4-6-18/h2-10,17,20H,11-15H2,1H3. The molecule has 22 heavy (non-hydrogen) atoms. The van der Waals surface area contributed by atoms with E-state index < -0.39 is 0 Å². The summed E-state index contributed by atoms with van der Waals surface area (Å²) in [5, 5.41) is 3.38. The molecule has 1 aliphatic rings. The second-order valence-corrected chi connectivity index (χ2v) is 5.90. The van der Waals surface area contributed by atoms with Crippen molar-refractivity contribution in [3.63, 3.8) is 0 Å². The molecule has 0 atom stereocenters. The second-order valence-electron chi connectivity index (χ2n) is 5.90. The normalized spacial score (nSPS) is 16.6. The zero-order valence-corrected chi connectivity index (χ0v) is 13.2. The van der Waals surface area contributed by atoms with Crippen LogP contribution in [0, 0.1) is 0 Å². The van der Waals surface area contributed by atoms with Crippen molar-refractivity contribution < 1.29 is 4.74 Å². The predicted molar refractivity (Wildman–Crippen MR) is 90.3 cm³/mol. The van der Waals surface area contributed by atoms with Crippen LogP contribution >= 0.6 is 0 Å². The van der Waals surface area contributed by atoms with Gasteiger partial charge in [-0.05, 0) is 62.8 Å². The molecule has 0 saturated carbocycles. The first-order chi connectivity index (χ1) is 10.8. The molecule has 1 saturated heterocycles. The highest BCUT2D eigenvalue weighted by atomic mass is 16.5. The van der Waals surface area contributed by atoms with Crippen LogP contribution in [-0.4, -0.2) is 31.1 Å². The fourth-order valence-corrected chi connectivity index (χ4v) is 2.93. The summed E-state index contributed by atoms with van der Waals surface area (Å²) in [5.74, 6) is 1.77. The van der Waals surface area contributed by atoms with Crippen molar-refractivity contribution in [3.05, 3.63) is 60.2 Å². The van der Waals surface area contributed by atoms with Gasteiger partial charge in [0.1, 0.15) is 11.5 Å². The molecule has 0 bridgehead atoms. The lowest BCUT2D eigenvalue weighted by Crippen LogP contribution is -2.40. The summed E-state index contributed by atoms with van der Waals surface area (Å²) in [6.07, 6.45) is 2.48. The Labute approximate surface area is 132 Å². The van der Waals surface area contributed by atoms with Gasteiger partial charge in [-0.25, -0.2) is 0 Å². The van der Waals surface area contributed by atoms with E-state index in [0.29, 0.717) is 6.04 Å². The topological polar surface area (TPSA) is 24.5 Å². The molecule has 1 aliphatic heterocycles. The van der Waals surface area contributed by atoms with E-state index >= 15 is 0 Å². The summed E-state index contributed by atoms with van der Waals surface area (Å²) in [4.78, 5) is 2.53. The summed E-state index contributed by atoms with van der Waals surface area (Å²) < 4.78 is 5.83. The zero-order valence-electron chi connectivity index (χ0n) is 13.2. The lowest BCUT2D eigenvalue weighted by molar-refractivity contribution is 0.194. The van der Waals surface area contributed by atoms with Crippen molar-refractivity contribution in [2.24, 2.45) is 0 Å². The van der Waals surface area contributed by atoms with E-state index in [1.807, 2.05) is 30.3 Å². The van der Waals surface area contributed by atoms with Crippen LogP contribution in [0.4, 0.5) is 0 Å². The number of benzene rings is 2. The van der Waals surface area contributed by atoms with Crippen molar-refractivity contribution >= 4 is 0 Å². The molecule has 1 N–H and O–H groups in total. The quantitative estimate of drug-likeness (QED) is 0.911. The van der Waals surface area contributed by atoms with Gasteiger partial charge in [-0.2, -0.15) is 0 Å². The van der Waals surface area contributed by atoms with Crippen LogP contribution in [0.15, 0.2) is 54.6 Å². The number of likely N-dealkylation sites (tertiary alicyclic amines) is 1. The maximum absolute atomic E-state index is 5.83. The Morgan fingerprint density at radius 3 is 2.23 bits per heavy atom. The van der Waals surface area contributed by atoms with Crippen LogP contribution in [-0.2, 0) is 6.54 Å². The molecule has 3 heteroatoms. The van der Waals surface area contributed by atoms with Gasteiger partial charge >= 0.3 is 0 Å². The number of nitrogens with zero attached hydrogens (tertiary/aromatic N) is 1. The van der Waals surface area contributed by atoms with Gasteiger partial charge in [0, 0.05) is 12.6 Å². The Morgan fingerprint density at radius 1 is 0.955 bits per heavy atom. The zero-order chi connectivity index (χ0) is 15.2. The Hall–Kier alpha value is -1.84. The Morgan fingerprint density at radius 2 is 1.59 bits per heavy atom. The first-order valence-corrected chi connectivity index (χ1v) is 8.05. The van der Waals surface area contributed by atoms with Gasteiger partial charge in [0.25, 0.3) is 0 Å². The molecule has 0 radical (unpaired) electrons. The third kappa shape index (κ3) is 4.09. The van der Waals surface area contributed by atoms with Gasteiger partial charge < -0.3 is 10.1 Å². The van der Waals surface area contributed by atoms with Gasteiger partial charge in [-0.15, -0.1) is 0 Å². The van der Waals surface area contributed by atoms with Crippen molar-refractivity contribution in [1.82, 2.24) is 10.2 Å². The molecule has 2 aromatic rings. The van der Waals surface area contributed by atoms with E-state index in [4.69, 9.17) is 4.74 Å². The number of hydrogen-bond acceptors (Lipinski definition) is 3.